The summed E-state index contributed by atoms with van der Waals surface area (Å²) >= 11 is 0. The van der Waals surface area contributed by atoms with Crippen molar-refractivity contribution in [2.45, 2.75) is 0 Å². The second-order valence-electron chi connectivity index (χ2n) is 5.50. The van der Waals surface area contributed by atoms with Crippen LogP contribution in [0.5, 0.6) is 5.75 Å². The van der Waals surface area contributed by atoms with Crippen LogP contribution in [0.15, 0.2) is 60.7 Å². The monoisotopic (exact) mass is 298 g/mol. The first-order valence-electron chi connectivity index (χ1n) is 7.56. The van der Waals surface area contributed by atoms with Gasteiger partial charge >= 0.3 is 6.98 Å². The van der Waals surface area contributed by atoms with Crippen LogP contribution in [0.4, 0.5) is 11.4 Å². The van der Waals surface area contributed by atoms with Gasteiger partial charge in [0.1, 0.15) is 12.4 Å². The Hall–Kier alpha value is -3.06. The lowest BCUT2D eigenvalue weighted by molar-refractivity contribution is 0.370. The summed E-state index contributed by atoms with van der Waals surface area (Å²) in [6, 6.07) is 20.6. The van der Waals surface area contributed by atoms with E-state index in [1.54, 1.807) is 0 Å². The van der Waals surface area contributed by atoms with E-state index in [0.717, 1.165) is 22.6 Å². The topological polar surface area (TPSA) is 33.3 Å². The van der Waals surface area contributed by atoms with Gasteiger partial charge in [-0.25, -0.2) is 0 Å². The number of benzene rings is 3. The predicted molar refractivity (Wildman–Crippen MR) is 97.4 cm³/mol. The van der Waals surface area contributed by atoms with Crippen molar-refractivity contribution in [3.05, 3.63) is 60.7 Å². The van der Waals surface area contributed by atoms with Crippen molar-refractivity contribution in [1.29, 1.82) is 0 Å². The highest BCUT2D eigenvalue weighted by Gasteiger charge is 2.25. The fraction of sp³-hybridized carbons (Fsp3) is 0.0526. The SMILES string of the molecule is C#CCOc1cccc(B2Nc3cccc4cccc(c34)N2)c1. The first-order chi connectivity index (χ1) is 11.3. The van der Waals surface area contributed by atoms with Crippen molar-refractivity contribution in [3.8, 4) is 18.1 Å². The summed E-state index contributed by atoms with van der Waals surface area (Å²) in [5.41, 5.74) is 3.37. The third-order valence-electron chi connectivity index (χ3n) is 4.02. The maximum Gasteiger partial charge on any atom is 0.406 e. The Morgan fingerprint density at radius 2 is 1.65 bits per heavy atom. The molecule has 0 aromatic heterocycles. The van der Waals surface area contributed by atoms with Gasteiger partial charge in [0.2, 0.25) is 0 Å². The Kier molecular flexibility index (Phi) is 3.32. The Morgan fingerprint density at radius 1 is 0.957 bits per heavy atom. The third kappa shape index (κ3) is 2.47. The van der Waals surface area contributed by atoms with Crippen molar-refractivity contribution in [2.24, 2.45) is 0 Å². The smallest absolute Gasteiger partial charge is 0.406 e. The van der Waals surface area contributed by atoms with E-state index < -0.39 is 0 Å². The van der Waals surface area contributed by atoms with Crippen molar-refractivity contribution < 1.29 is 4.74 Å². The third-order valence-corrected chi connectivity index (χ3v) is 4.02. The van der Waals surface area contributed by atoms with Gasteiger partial charge < -0.3 is 15.2 Å². The highest BCUT2D eigenvalue weighted by atomic mass is 16.5. The number of terminal acetylenes is 1. The van der Waals surface area contributed by atoms with E-state index in [0.29, 0.717) is 0 Å². The molecular weight excluding hydrogens is 283 g/mol. The molecule has 0 bridgehead atoms. The fourth-order valence-electron chi connectivity index (χ4n) is 3.00. The van der Waals surface area contributed by atoms with Gasteiger partial charge in [-0.05, 0) is 35.1 Å². The fourth-order valence-corrected chi connectivity index (χ4v) is 3.00. The zero-order chi connectivity index (χ0) is 15.6. The van der Waals surface area contributed by atoms with Gasteiger partial charge in [-0.15, -0.1) is 6.42 Å². The van der Waals surface area contributed by atoms with Crippen LogP contribution in [0, 0.1) is 12.3 Å². The van der Waals surface area contributed by atoms with Crippen LogP contribution >= 0.6 is 0 Å². The minimum Gasteiger partial charge on any atom is -0.481 e. The van der Waals surface area contributed by atoms with E-state index in [1.807, 2.05) is 18.2 Å². The number of rotatable bonds is 3. The molecule has 3 aromatic carbocycles. The molecule has 0 radical (unpaired) electrons. The van der Waals surface area contributed by atoms with Gasteiger partial charge in [0.15, 0.2) is 0 Å². The van der Waals surface area contributed by atoms with Gasteiger partial charge in [-0.1, -0.05) is 42.3 Å². The zero-order valence-electron chi connectivity index (χ0n) is 12.5. The molecule has 1 aliphatic rings. The molecule has 1 heterocycles. The Morgan fingerprint density at radius 3 is 2.35 bits per heavy atom. The number of hydrogen-bond acceptors (Lipinski definition) is 3. The van der Waals surface area contributed by atoms with Crippen molar-refractivity contribution in [3.63, 3.8) is 0 Å². The first-order valence-corrected chi connectivity index (χ1v) is 7.56. The Bertz CT molecular complexity index is 876. The Balaban J connectivity index is 1.69. The van der Waals surface area contributed by atoms with E-state index in [2.05, 4.69) is 58.8 Å². The summed E-state index contributed by atoms with van der Waals surface area (Å²) in [4.78, 5) is 0. The molecule has 2 N–H and O–H groups in total. The standard InChI is InChI=1S/C19H15BN2O/c1-2-12-23-16-9-5-8-15(13-16)20-21-17-10-3-6-14-7-4-11-18(22-20)19(14)17/h1,3-11,13,21-22H,12H2. The maximum atomic E-state index is 5.52. The average molecular weight is 298 g/mol. The molecule has 0 amide bonds. The van der Waals surface area contributed by atoms with Crippen molar-refractivity contribution in [1.82, 2.24) is 0 Å². The summed E-state index contributed by atoms with van der Waals surface area (Å²) in [6.07, 6.45) is 5.25. The summed E-state index contributed by atoms with van der Waals surface area (Å²) in [7, 11) is 0. The molecule has 0 saturated heterocycles. The highest BCUT2D eigenvalue weighted by Crippen LogP contribution is 2.33. The average Bonchev–Trinajstić information content (AvgIpc) is 2.60. The lowest BCUT2D eigenvalue weighted by atomic mass is 9.66. The number of hydrogen-bond donors (Lipinski definition) is 2. The normalized spacial score (nSPS) is 12.2. The van der Waals surface area contributed by atoms with Gasteiger partial charge in [0.05, 0.1) is 0 Å². The summed E-state index contributed by atoms with van der Waals surface area (Å²) in [5, 5.41) is 9.56. The molecule has 23 heavy (non-hydrogen) atoms. The molecule has 0 fully saturated rings. The molecule has 0 atom stereocenters. The van der Waals surface area contributed by atoms with Crippen LogP contribution in [-0.4, -0.2) is 13.6 Å². The summed E-state index contributed by atoms with van der Waals surface area (Å²) < 4.78 is 5.52. The van der Waals surface area contributed by atoms with E-state index >= 15 is 0 Å². The molecule has 4 rings (SSSR count). The zero-order valence-corrected chi connectivity index (χ0v) is 12.5. The van der Waals surface area contributed by atoms with Crippen LogP contribution in [0.25, 0.3) is 10.8 Å². The molecule has 1 aliphatic heterocycles. The minimum absolute atomic E-state index is 0.00937. The van der Waals surface area contributed by atoms with Crippen molar-refractivity contribution >= 4 is 34.6 Å². The minimum atomic E-state index is -0.00937. The maximum absolute atomic E-state index is 5.52. The molecular formula is C19H15BN2O. The van der Waals surface area contributed by atoms with Gasteiger partial charge in [0.25, 0.3) is 0 Å². The number of anilines is 2. The molecule has 110 valence electrons. The van der Waals surface area contributed by atoms with Crippen LogP contribution < -0.4 is 20.7 Å². The number of ether oxygens (including phenoxy) is 1. The summed E-state index contributed by atoms with van der Waals surface area (Å²) in [5.74, 6) is 3.27. The van der Waals surface area contributed by atoms with Crippen LogP contribution in [0.2, 0.25) is 0 Å². The molecule has 0 spiro atoms. The van der Waals surface area contributed by atoms with E-state index in [4.69, 9.17) is 11.2 Å². The van der Waals surface area contributed by atoms with Gasteiger partial charge in [0, 0.05) is 16.8 Å². The van der Waals surface area contributed by atoms with Crippen molar-refractivity contribution in [2.75, 3.05) is 17.1 Å². The largest absolute Gasteiger partial charge is 0.481 e. The van der Waals surface area contributed by atoms with Crippen LogP contribution in [-0.2, 0) is 0 Å². The molecule has 4 heteroatoms. The highest BCUT2D eigenvalue weighted by molar-refractivity contribution is 6.80. The lowest BCUT2D eigenvalue weighted by Crippen LogP contribution is -2.47. The molecule has 0 aliphatic carbocycles. The van der Waals surface area contributed by atoms with E-state index in [1.165, 1.54) is 10.8 Å². The second kappa shape index (κ2) is 5.62. The van der Waals surface area contributed by atoms with E-state index in [-0.39, 0.29) is 13.6 Å². The second-order valence-corrected chi connectivity index (χ2v) is 5.50. The predicted octanol–water partition coefficient (Wildman–Crippen LogP) is 3.08. The molecule has 0 saturated carbocycles. The van der Waals surface area contributed by atoms with E-state index in [9.17, 15) is 0 Å². The number of nitrogens with one attached hydrogen (secondary N) is 2. The van der Waals surface area contributed by atoms with Crippen LogP contribution in [0.1, 0.15) is 0 Å². The molecule has 3 aromatic rings. The Labute approximate surface area is 135 Å². The van der Waals surface area contributed by atoms with Gasteiger partial charge in [-0.3, -0.25) is 0 Å². The quantitative estimate of drug-likeness (QED) is 0.576. The lowest BCUT2D eigenvalue weighted by Gasteiger charge is -2.27. The first kappa shape index (κ1) is 13.6. The molecule has 0 unspecified atom stereocenters. The summed E-state index contributed by atoms with van der Waals surface area (Å²) in [6.45, 7) is 0.266. The molecule has 3 nitrogen and oxygen atoms in total. The van der Waals surface area contributed by atoms with Crippen LogP contribution in [0.3, 0.4) is 0 Å². The van der Waals surface area contributed by atoms with Gasteiger partial charge in [-0.2, -0.15) is 0 Å².